The normalized spacial score (nSPS) is 11.3. The molecule has 0 saturated heterocycles. The molecule has 102 heavy (non-hydrogen) atoms. The largest absolute Gasteiger partial charge is 0.478 e. The lowest BCUT2D eigenvalue weighted by Crippen LogP contribution is -2.45. The highest BCUT2D eigenvalue weighted by Crippen LogP contribution is 2.24. The second kappa shape index (κ2) is 32.1. The number of carboxylic acid groups (broad SMARTS) is 1. The van der Waals surface area contributed by atoms with Gasteiger partial charge in [-0.2, -0.15) is 0 Å². The van der Waals surface area contributed by atoms with E-state index in [1.54, 1.807) is 102 Å². The van der Waals surface area contributed by atoms with E-state index in [1.165, 1.54) is 115 Å². The number of carbonyl (C=O) groups is 12. The van der Waals surface area contributed by atoms with Crippen LogP contribution >= 0.6 is 0 Å². The summed E-state index contributed by atoms with van der Waals surface area (Å²) >= 11 is 0. The Balaban J connectivity index is 0.698. The maximum atomic E-state index is 13.7. The molecule has 0 spiro atoms. The minimum absolute atomic E-state index is 0.0316. The zero-order chi connectivity index (χ0) is 73.8. The van der Waals surface area contributed by atoms with Gasteiger partial charge in [0.25, 0.3) is 53.2 Å². The molecule has 1 atom stereocenters. The molecular weight excluding hydrogens is 1320 g/mol. The molecule has 534 valence electrons. The Morgan fingerprint density at radius 3 is 1.28 bits per heavy atom. The van der Waals surface area contributed by atoms with Gasteiger partial charge in [0.2, 0.25) is 17.6 Å². The Morgan fingerprint density at radius 1 is 0.480 bits per heavy atom. The van der Waals surface area contributed by atoms with Gasteiger partial charge in [-0.15, -0.1) is 0 Å². The number of aryl methyl sites for hydroxylation is 7. The number of aromatic carboxylic acids is 1. The molecule has 0 aliphatic carbocycles. The second-order valence-corrected chi connectivity index (χ2v) is 24.2. The average Bonchev–Trinajstić information content (AvgIpc) is 1.68. The van der Waals surface area contributed by atoms with Crippen LogP contribution in [0, 0.1) is 0 Å². The first-order chi connectivity index (χ1) is 48.5. The summed E-state index contributed by atoms with van der Waals surface area (Å²) in [5.74, 6) is -6.78. The third-order valence-corrected chi connectivity index (χ3v) is 16.2. The van der Waals surface area contributed by atoms with E-state index in [1.807, 2.05) is 7.05 Å². The zero-order valence-electron chi connectivity index (χ0n) is 57.5. The van der Waals surface area contributed by atoms with Crippen molar-refractivity contribution in [3.63, 3.8) is 0 Å². The number of aromatic nitrogens is 10. The van der Waals surface area contributed by atoms with Crippen molar-refractivity contribution in [3.05, 3.63) is 173 Å². The maximum absolute atomic E-state index is 13.7. The van der Waals surface area contributed by atoms with Gasteiger partial charge in [0.15, 0.2) is 5.82 Å². The van der Waals surface area contributed by atoms with E-state index in [2.05, 4.69) is 73.4 Å². The van der Waals surface area contributed by atoms with Gasteiger partial charge in [0, 0.05) is 138 Å². The van der Waals surface area contributed by atoms with E-state index in [4.69, 9.17) is 0 Å². The number of carbonyl (C=O) groups excluding carboxylic acids is 11. The fourth-order valence-corrected chi connectivity index (χ4v) is 11.0. The fourth-order valence-electron chi connectivity index (χ4n) is 11.0. The van der Waals surface area contributed by atoms with Gasteiger partial charge in [-0.3, -0.25) is 52.7 Å². The smallest absolute Gasteiger partial charge is 0.335 e. The number of amides is 11. The molecule has 9 rings (SSSR count). The first kappa shape index (κ1) is 73.2. The van der Waals surface area contributed by atoms with Crippen LogP contribution in [0.1, 0.15) is 131 Å². The molecule has 0 unspecified atom stereocenters. The van der Waals surface area contributed by atoms with E-state index in [0.717, 1.165) is 0 Å². The van der Waals surface area contributed by atoms with E-state index >= 15 is 0 Å². The summed E-state index contributed by atoms with van der Waals surface area (Å²) in [5.41, 5.74) is 3.27. The third kappa shape index (κ3) is 18.2. The number of hydrogen-bond donors (Lipinski definition) is 12. The highest BCUT2D eigenvalue weighted by molar-refractivity contribution is 6.11. The molecule has 11 amide bonds. The summed E-state index contributed by atoms with van der Waals surface area (Å²) in [6.07, 6.45) is 14.9. The minimum Gasteiger partial charge on any atom is -0.478 e. The number of imidazole rings is 2. The van der Waals surface area contributed by atoms with Gasteiger partial charge >= 0.3 is 5.97 Å². The minimum atomic E-state index is -1.17. The van der Waals surface area contributed by atoms with Crippen molar-refractivity contribution >= 4 is 111 Å². The van der Waals surface area contributed by atoms with Crippen LogP contribution in [0.2, 0.25) is 0 Å². The molecule has 0 saturated carbocycles. The van der Waals surface area contributed by atoms with Crippen LogP contribution in [0.3, 0.4) is 0 Å². The Morgan fingerprint density at radius 2 is 0.873 bits per heavy atom. The van der Waals surface area contributed by atoms with Crippen LogP contribution in [-0.4, -0.2) is 173 Å². The molecule has 1 aromatic carbocycles. The van der Waals surface area contributed by atoms with Gasteiger partial charge < -0.3 is 105 Å². The van der Waals surface area contributed by atoms with Crippen molar-refractivity contribution in [1.29, 1.82) is 0 Å². The van der Waals surface area contributed by atoms with Crippen molar-refractivity contribution in [2.45, 2.75) is 32.2 Å². The van der Waals surface area contributed by atoms with Crippen LogP contribution < -0.4 is 58.5 Å². The van der Waals surface area contributed by atoms with Crippen LogP contribution in [0.4, 0.5) is 39.9 Å². The molecule has 8 aromatic heterocycles. The van der Waals surface area contributed by atoms with E-state index < -0.39 is 65.2 Å². The standard InChI is InChI=1S/C67H78N22O13/c1-38(90)73-47(16-19-71-60(94)49-26-42(33-84(49)5)75-62(96)51-27-43(34-86(51)7)76-63(97)52-29-45(36-87(52)8)78-65(99)55-68-20-23-82(55)3)58(92)80-54-31-72-56(89(54)10)66(100)79-46-30-53(88(9)37-46)64(98)77-44-28-50(85(6)35-44)61(95)74-41-25-48(83(4)32-41)59(93)70-18-13-22-81(2)21-12-17-69-57(91)39-14-11-15-40(24-39)67(101)102/h11,14-15,20,23-37,47H,12-13,16-19,21-22H2,1-10H3,(H,69,91)(H,70,93)(H,71,94)(H,73,90)(H,74,95)(H,75,96)(H,76,97)(H,77,98)(H,78,99)(H,79,100)(H,80,92)(H,101,102)/t47-/m1/s1/i57+2,67+2. The summed E-state index contributed by atoms with van der Waals surface area (Å²) in [6, 6.07) is 13.5. The van der Waals surface area contributed by atoms with Crippen molar-refractivity contribution < 1.29 is 62.6 Å². The van der Waals surface area contributed by atoms with Gasteiger partial charge in [-0.25, -0.2) is 14.8 Å². The van der Waals surface area contributed by atoms with Crippen LogP contribution in [0.15, 0.2) is 116 Å². The fraction of sp³-hybridized carbons (Fsp3) is 0.284. The molecule has 8 heterocycles. The lowest BCUT2D eigenvalue weighted by Gasteiger charge is -2.18. The number of carboxylic acids is 1. The predicted molar refractivity (Wildman–Crippen MR) is 375 cm³/mol. The molecule has 0 aliphatic heterocycles. The van der Waals surface area contributed by atoms with Crippen molar-refractivity contribution in [2.75, 3.05) is 77.0 Å². The first-order valence-electron chi connectivity index (χ1n) is 31.8. The van der Waals surface area contributed by atoms with E-state index in [-0.39, 0.29) is 98.9 Å². The second-order valence-electron chi connectivity index (χ2n) is 24.2. The number of rotatable bonds is 30. The topological polar surface area (TPSA) is 426 Å². The predicted octanol–water partition coefficient (Wildman–Crippen LogP) is 3.53. The SMILES string of the molecule is CC(=O)N[C@H](CCNC(=O)c1cc(NC(=O)c2cc(NC(=O)c3cc(NC(=O)c4nccn4C)cn3C)cn2C)cn1C)C(=O)Nc1cnc(C(=O)Nc2cc(C(=O)Nc3cc(C(=O)Nc4cc(C(=O)NCCCN(C)CCCN[14C](=O)c5cccc([14C](=O)O)c5)n(C)c4)n(C)c3)n(C)c2)n1C. The van der Waals surface area contributed by atoms with Gasteiger partial charge in [-0.05, 0) is 94.0 Å². The summed E-state index contributed by atoms with van der Waals surface area (Å²) in [4.78, 5) is 167. The van der Waals surface area contributed by atoms with Crippen LogP contribution in [0.25, 0.3) is 0 Å². The lowest BCUT2D eigenvalue weighted by molar-refractivity contribution is -0.125. The Bertz CT molecular complexity index is 4740. The van der Waals surface area contributed by atoms with Crippen molar-refractivity contribution in [3.8, 4) is 0 Å². The molecule has 35 heteroatoms. The molecule has 9 aromatic rings. The highest BCUT2D eigenvalue weighted by Gasteiger charge is 2.27. The molecule has 0 radical (unpaired) electrons. The molecular formula is C67H78N22O13. The molecule has 0 aliphatic rings. The van der Waals surface area contributed by atoms with E-state index in [9.17, 15) is 62.6 Å². The summed E-state index contributed by atoms with van der Waals surface area (Å²) in [6.45, 7) is 3.23. The van der Waals surface area contributed by atoms with Crippen LogP contribution in [-0.2, 0) is 66.0 Å². The lowest BCUT2D eigenvalue weighted by atomic mass is 10.2. The Kier molecular flexibility index (Phi) is 23.0. The maximum Gasteiger partial charge on any atom is 0.335 e. The molecule has 0 bridgehead atoms. The summed E-state index contributed by atoms with van der Waals surface area (Å²) in [5, 5.41) is 39.4. The van der Waals surface area contributed by atoms with Crippen molar-refractivity contribution in [1.82, 2.24) is 72.7 Å². The van der Waals surface area contributed by atoms with Crippen molar-refractivity contribution in [2.24, 2.45) is 56.4 Å². The third-order valence-electron chi connectivity index (χ3n) is 16.2. The summed E-state index contributed by atoms with van der Waals surface area (Å²) in [7, 11) is 14.8. The molecule has 35 nitrogen and oxygen atoms in total. The number of nitrogens with one attached hydrogen (secondary N) is 11. The van der Waals surface area contributed by atoms with Gasteiger partial charge in [0.1, 0.15) is 46.0 Å². The number of anilines is 7. The number of hydrogen-bond acceptors (Lipinski definition) is 15. The monoisotopic (exact) mass is 1400 g/mol. The summed E-state index contributed by atoms with van der Waals surface area (Å²) < 4.78 is 12.0. The van der Waals surface area contributed by atoms with Gasteiger partial charge in [0.05, 0.1) is 45.9 Å². The van der Waals surface area contributed by atoms with Gasteiger partial charge in [-0.1, -0.05) is 6.07 Å². The zero-order valence-corrected chi connectivity index (χ0v) is 57.5. The number of benzene rings is 1. The quantitative estimate of drug-likeness (QED) is 0.0287. The van der Waals surface area contributed by atoms with Crippen LogP contribution in [0.5, 0.6) is 0 Å². The molecule has 12 N–H and O–H groups in total. The average molecular weight is 1400 g/mol. The Labute approximate surface area is 583 Å². The van der Waals surface area contributed by atoms with E-state index in [0.29, 0.717) is 61.8 Å². The Hall–Kier alpha value is -13.1. The first-order valence-corrected chi connectivity index (χ1v) is 31.8. The number of nitrogens with zero attached hydrogens (tertiary/aromatic N) is 11. The molecule has 0 fully saturated rings. The highest BCUT2D eigenvalue weighted by atomic mass is 16.6.